The molecule has 1 aromatic carbocycles. The molecule has 2 aromatic rings. The number of alkyl halides is 1. The molecule has 6 heteroatoms. The third-order valence-corrected chi connectivity index (χ3v) is 4.02. The first-order chi connectivity index (χ1) is 8.97. The van der Waals surface area contributed by atoms with Gasteiger partial charge < -0.3 is 5.11 Å². The average Bonchev–Trinajstić information content (AvgIpc) is 2.70. The molecule has 0 saturated heterocycles. The molecule has 0 saturated carbocycles. The lowest BCUT2D eigenvalue weighted by molar-refractivity contribution is 0.0696. The van der Waals surface area contributed by atoms with Crippen LogP contribution in [0.5, 0.6) is 0 Å². The summed E-state index contributed by atoms with van der Waals surface area (Å²) in [6.45, 7) is 3.68. The van der Waals surface area contributed by atoms with Crippen LogP contribution in [0.1, 0.15) is 27.2 Å². The second kappa shape index (κ2) is 5.35. The van der Waals surface area contributed by atoms with Crippen LogP contribution in [0.25, 0.3) is 11.3 Å². The van der Waals surface area contributed by atoms with E-state index in [4.69, 9.17) is 11.6 Å². The number of nitrogens with one attached hydrogen (secondary N) is 1. The van der Waals surface area contributed by atoms with E-state index in [0.717, 1.165) is 16.8 Å². The van der Waals surface area contributed by atoms with Crippen molar-refractivity contribution < 1.29 is 9.90 Å². The van der Waals surface area contributed by atoms with Gasteiger partial charge >= 0.3 is 5.97 Å². The maximum absolute atomic E-state index is 11.2. The highest BCUT2D eigenvalue weighted by Gasteiger charge is 2.19. The number of aryl methyl sites for hydroxylation is 1. The van der Waals surface area contributed by atoms with Gasteiger partial charge in [0.1, 0.15) is 5.69 Å². The molecule has 1 aromatic heterocycles. The standard InChI is InChI=1S/C13H12BrClN2O2/c1-6-3-4-8(13(18)19)7(2)10(6)12-11(15)9(5-14)16-17-12/h3-4H,5H2,1-2H3,(H,16,17)(H,18,19). The maximum Gasteiger partial charge on any atom is 0.335 e. The number of carboxylic acid groups (broad SMARTS) is 1. The van der Waals surface area contributed by atoms with Crippen LogP contribution < -0.4 is 0 Å². The maximum atomic E-state index is 11.2. The van der Waals surface area contributed by atoms with Gasteiger partial charge in [0.25, 0.3) is 0 Å². The van der Waals surface area contributed by atoms with Gasteiger partial charge in [-0.15, -0.1) is 0 Å². The molecule has 0 atom stereocenters. The predicted molar refractivity (Wildman–Crippen MR) is 78.1 cm³/mol. The molecule has 0 unspecified atom stereocenters. The second-order valence-electron chi connectivity index (χ2n) is 4.23. The van der Waals surface area contributed by atoms with Crippen LogP contribution in [0, 0.1) is 13.8 Å². The van der Waals surface area contributed by atoms with E-state index >= 15 is 0 Å². The van der Waals surface area contributed by atoms with Crippen LogP contribution in [0.3, 0.4) is 0 Å². The summed E-state index contributed by atoms with van der Waals surface area (Å²) in [5.41, 5.74) is 4.01. The third kappa shape index (κ3) is 2.40. The first-order valence-electron chi connectivity index (χ1n) is 5.60. The van der Waals surface area contributed by atoms with Gasteiger partial charge in [-0.3, -0.25) is 5.10 Å². The van der Waals surface area contributed by atoms with Gasteiger partial charge in [0.05, 0.1) is 16.3 Å². The van der Waals surface area contributed by atoms with Gasteiger partial charge in [0.2, 0.25) is 0 Å². The Balaban J connectivity index is 2.70. The van der Waals surface area contributed by atoms with Crippen molar-refractivity contribution in [1.29, 1.82) is 0 Å². The lowest BCUT2D eigenvalue weighted by Gasteiger charge is -2.10. The van der Waals surface area contributed by atoms with Crippen LogP contribution in [0.2, 0.25) is 5.02 Å². The number of hydrogen-bond donors (Lipinski definition) is 2. The number of aromatic carboxylic acids is 1. The van der Waals surface area contributed by atoms with E-state index < -0.39 is 5.97 Å². The number of aromatic amines is 1. The smallest absolute Gasteiger partial charge is 0.335 e. The fourth-order valence-corrected chi connectivity index (χ4v) is 2.87. The quantitative estimate of drug-likeness (QED) is 0.830. The molecular weight excluding hydrogens is 332 g/mol. The number of aromatic nitrogens is 2. The van der Waals surface area contributed by atoms with Crippen LogP contribution >= 0.6 is 27.5 Å². The van der Waals surface area contributed by atoms with Gasteiger partial charge in [0, 0.05) is 10.9 Å². The summed E-state index contributed by atoms with van der Waals surface area (Å²) in [4.78, 5) is 11.2. The molecule has 0 aliphatic rings. The van der Waals surface area contributed by atoms with Gasteiger partial charge in [-0.25, -0.2) is 4.79 Å². The van der Waals surface area contributed by atoms with Crippen molar-refractivity contribution in [1.82, 2.24) is 10.2 Å². The van der Waals surface area contributed by atoms with E-state index in [9.17, 15) is 9.90 Å². The van der Waals surface area contributed by atoms with Crippen LogP contribution in [0.15, 0.2) is 12.1 Å². The van der Waals surface area contributed by atoms with E-state index in [1.54, 1.807) is 19.1 Å². The van der Waals surface area contributed by atoms with Crippen LogP contribution in [-0.2, 0) is 5.33 Å². The molecule has 2 N–H and O–H groups in total. The Morgan fingerprint density at radius 2 is 2.16 bits per heavy atom. The zero-order chi connectivity index (χ0) is 14.2. The molecule has 2 rings (SSSR count). The number of halogens is 2. The van der Waals surface area contributed by atoms with Gasteiger partial charge in [-0.2, -0.15) is 5.10 Å². The first kappa shape index (κ1) is 14.1. The topological polar surface area (TPSA) is 66.0 Å². The van der Waals surface area contributed by atoms with Crippen LogP contribution in [0.4, 0.5) is 0 Å². The second-order valence-corrected chi connectivity index (χ2v) is 5.17. The van der Waals surface area contributed by atoms with E-state index in [-0.39, 0.29) is 5.56 Å². The molecular formula is C13H12BrClN2O2. The zero-order valence-electron chi connectivity index (χ0n) is 10.4. The molecule has 0 amide bonds. The largest absolute Gasteiger partial charge is 0.478 e. The predicted octanol–water partition coefficient (Wildman–Crippen LogP) is 3.94. The van der Waals surface area contributed by atoms with Crippen molar-refractivity contribution in [3.63, 3.8) is 0 Å². The fourth-order valence-electron chi connectivity index (χ4n) is 2.06. The summed E-state index contributed by atoms with van der Waals surface area (Å²) in [7, 11) is 0. The SMILES string of the molecule is Cc1ccc(C(=O)O)c(C)c1-c1n[nH]c(CBr)c1Cl. The molecule has 1 heterocycles. The number of rotatable bonds is 3. The Morgan fingerprint density at radius 1 is 1.47 bits per heavy atom. The molecule has 0 aliphatic heterocycles. The van der Waals surface area contributed by atoms with Crippen LogP contribution in [-0.4, -0.2) is 21.3 Å². The van der Waals surface area contributed by atoms with Gasteiger partial charge in [0.15, 0.2) is 0 Å². The van der Waals surface area contributed by atoms with Crippen molar-refractivity contribution in [2.75, 3.05) is 0 Å². The summed E-state index contributed by atoms with van der Waals surface area (Å²) < 4.78 is 0. The summed E-state index contributed by atoms with van der Waals surface area (Å²) in [5.74, 6) is -0.953. The summed E-state index contributed by atoms with van der Waals surface area (Å²) in [5, 5.41) is 17.3. The van der Waals surface area contributed by atoms with Crippen molar-refractivity contribution in [2.24, 2.45) is 0 Å². The minimum atomic E-state index is -0.953. The number of hydrogen-bond acceptors (Lipinski definition) is 2. The molecule has 0 spiro atoms. The molecule has 100 valence electrons. The monoisotopic (exact) mass is 342 g/mol. The molecule has 0 fully saturated rings. The van der Waals surface area contributed by atoms with Gasteiger partial charge in [-0.05, 0) is 31.0 Å². The van der Waals surface area contributed by atoms with E-state index in [0.29, 0.717) is 21.6 Å². The Labute approximate surface area is 123 Å². The minimum absolute atomic E-state index is 0.264. The molecule has 0 radical (unpaired) electrons. The van der Waals surface area contributed by atoms with Gasteiger partial charge in [-0.1, -0.05) is 33.6 Å². The molecule has 19 heavy (non-hydrogen) atoms. The first-order valence-corrected chi connectivity index (χ1v) is 7.09. The van der Waals surface area contributed by atoms with Crippen molar-refractivity contribution in [3.05, 3.63) is 39.5 Å². The zero-order valence-corrected chi connectivity index (χ0v) is 12.8. The fraction of sp³-hybridized carbons (Fsp3) is 0.231. The normalized spacial score (nSPS) is 10.7. The Bertz CT molecular complexity index is 652. The third-order valence-electron chi connectivity index (χ3n) is 3.05. The number of nitrogens with zero attached hydrogens (tertiary/aromatic N) is 1. The molecule has 0 bridgehead atoms. The van der Waals surface area contributed by atoms with Crippen molar-refractivity contribution in [2.45, 2.75) is 19.2 Å². The number of benzene rings is 1. The molecule has 4 nitrogen and oxygen atoms in total. The summed E-state index contributed by atoms with van der Waals surface area (Å²) in [6, 6.07) is 3.37. The van der Waals surface area contributed by atoms with Crippen molar-refractivity contribution >= 4 is 33.5 Å². The number of carbonyl (C=O) groups is 1. The van der Waals surface area contributed by atoms with Crippen molar-refractivity contribution in [3.8, 4) is 11.3 Å². The highest BCUT2D eigenvalue weighted by Crippen LogP contribution is 2.35. The van der Waals surface area contributed by atoms with E-state index in [2.05, 4.69) is 26.1 Å². The Hall–Kier alpha value is -1.33. The Morgan fingerprint density at radius 3 is 2.68 bits per heavy atom. The summed E-state index contributed by atoms with van der Waals surface area (Å²) in [6.07, 6.45) is 0. The Kier molecular flexibility index (Phi) is 3.96. The highest BCUT2D eigenvalue weighted by atomic mass is 79.9. The lowest BCUT2D eigenvalue weighted by Crippen LogP contribution is -2.02. The van der Waals surface area contributed by atoms with E-state index in [1.165, 1.54) is 0 Å². The summed E-state index contributed by atoms with van der Waals surface area (Å²) >= 11 is 9.58. The number of carboxylic acids is 1. The highest BCUT2D eigenvalue weighted by molar-refractivity contribution is 9.08. The van der Waals surface area contributed by atoms with E-state index in [1.807, 2.05) is 6.92 Å². The average molecular weight is 344 g/mol. The lowest BCUT2D eigenvalue weighted by atomic mass is 9.95. The minimum Gasteiger partial charge on any atom is -0.478 e. The number of H-pyrrole nitrogens is 1. The molecule has 0 aliphatic carbocycles.